The molecule has 0 atom stereocenters. The summed E-state index contributed by atoms with van der Waals surface area (Å²) in [6.45, 7) is 2.01. The zero-order chi connectivity index (χ0) is 12.8. The Morgan fingerprint density at radius 1 is 1.11 bits per heavy atom. The lowest BCUT2D eigenvalue weighted by molar-refractivity contribution is 0.865. The van der Waals surface area contributed by atoms with Gasteiger partial charge in [-0.05, 0) is 49.3 Å². The average Bonchev–Trinajstić information content (AvgIpc) is 2.46. The molecule has 0 bridgehead atoms. The molecular formula is C16H20N2. The van der Waals surface area contributed by atoms with Crippen LogP contribution in [-0.4, -0.2) is 7.05 Å². The minimum Gasteiger partial charge on any atom is -0.192 e. The lowest BCUT2D eigenvalue weighted by atomic mass is 9.88. The molecule has 0 radical (unpaired) electrons. The van der Waals surface area contributed by atoms with E-state index in [1.165, 1.54) is 29.6 Å². The Morgan fingerprint density at radius 3 is 2.50 bits per heavy atom. The topological polar surface area (TPSA) is 24.7 Å². The van der Waals surface area contributed by atoms with Gasteiger partial charge in [-0.3, -0.25) is 0 Å². The normalized spacial score (nSPS) is 20.8. The molecule has 0 heterocycles. The van der Waals surface area contributed by atoms with Gasteiger partial charge in [-0.1, -0.05) is 36.5 Å². The third-order valence-corrected chi connectivity index (χ3v) is 3.39. The van der Waals surface area contributed by atoms with E-state index >= 15 is 0 Å². The highest BCUT2D eigenvalue weighted by Gasteiger charge is 2.13. The molecule has 2 rings (SSSR count). The maximum Gasteiger partial charge on any atom is 0.0841 e. The van der Waals surface area contributed by atoms with Gasteiger partial charge in [0, 0.05) is 7.05 Å². The van der Waals surface area contributed by atoms with E-state index in [1.807, 2.05) is 13.0 Å². The van der Waals surface area contributed by atoms with Crippen molar-refractivity contribution in [2.24, 2.45) is 10.2 Å². The summed E-state index contributed by atoms with van der Waals surface area (Å²) in [5, 5.41) is 8.03. The fraction of sp³-hybridized carbons (Fsp3) is 0.375. The molecule has 0 N–H and O–H groups in total. The summed E-state index contributed by atoms with van der Waals surface area (Å²) in [4.78, 5) is 0. The van der Waals surface area contributed by atoms with Crippen LogP contribution < -0.4 is 0 Å². The Labute approximate surface area is 109 Å². The molecule has 0 aliphatic heterocycles. The summed E-state index contributed by atoms with van der Waals surface area (Å²) in [5.74, 6) is 0. The van der Waals surface area contributed by atoms with Crippen LogP contribution in [0, 0.1) is 0 Å². The number of hydrogen-bond donors (Lipinski definition) is 0. The van der Waals surface area contributed by atoms with Gasteiger partial charge in [0.15, 0.2) is 0 Å². The molecule has 0 saturated heterocycles. The van der Waals surface area contributed by atoms with Crippen molar-refractivity contribution in [2.75, 3.05) is 7.05 Å². The van der Waals surface area contributed by atoms with E-state index in [2.05, 4.69) is 40.6 Å². The monoisotopic (exact) mass is 240 g/mol. The van der Waals surface area contributed by atoms with Gasteiger partial charge in [0.25, 0.3) is 0 Å². The first-order valence-electron chi connectivity index (χ1n) is 6.57. The third-order valence-electron chi connectivity index (χ3n) is 3.39. The van der Waals surface area contributed by atoms with Crippen LogP contribution >= 0.6 is 0 Å². The quantitative estimate of drug-likeness (QED) is 0.627. The molecule has 2 nitrogen and oxygen atoms in total. The highest BCUT2D eigenvalue weighted by atomic mass is 15.1. The lowest BCUT2D eigenvalue weighted by Crippen LogP contribution is -1.99. The number of nitrogens with zero attached hydrogens (tertiary/aromatic N) is 2. The smallest absolute Gasteiger partial charge is 0.0841 e. The minimum atomic E-state index is 1.00. The molecule has 2 aliphatic carbocycles. The third kappa shape index (κ3) is 2.95. The van der Waals surface area contributed by atoms with Crippen LogP contribution in [0.25, 0.3) is 0 Å². The Kier molecular flexibility index (Phi) is 4.46. The van der Waals surface area contributed by atoms with E-state index in [0.717, 1.165) is 18.5 Å². The second-order valence-electron chi connectivity index (χ2n) is 4.52. The maximum absolute atomic E-state index is 4.17. The van der Waals surface area contributed by atoms with Crippen LogP contribution in [0.1, 0.15) is 32.6 Å². The molecule has 2 aliphatic rings. The van der Waals surface area contributed by atoms with Gasteiger partial charge in [0.05, 0.1) is 5.70 Å². The molecule has 0 unspecified atom stereocenters. The number of azo groups is 1. The Morgan fingerprint density at radius 2 is 1.94 bits per heavy atom. The minimum absolute atomic E-state index is 1.00. The maximum atomic E-state index is 4.17. The van der Waals surface area contributed by atoms with Crippen LogP contribution in [0.4, 0.5) is 0 Å². The van der Waals surface area contributed by atoms with E-state index < -0.39 is 0 Å². The van der Waals surface area contributed by atoms with Crippen LogP contribution in [0.3, 0.4) is 0 Å². The first-order chi connectivity index (χ1) is 8.85. The molecule has 0 fully saturated rings. The summed E-state index contributed by atoms with van der Waals surface area (Å²) in [6, 6.07) is 0. The highest BCUT2D eigenvalue weighted by molar-refractivity contribution is 5.44. The molecule has 18 heavy (non-hydrogen) atoms. The Hall–Kier alpha value is -1.70. The lowest BCUT2D eigenvalue weighted by Gasteiger charge is -2.18. The van der Waals surface area contributed by atoms with Crippen molar-refractivity contribution < 1.29 is 0 Å². The molecule has 0 saturated carbocycles. The van der Waals surface area contributed by atoms with Crippen LogP contribution in [-0.2, 0) is 0 Å². The summed E-state index contributed by atoms with van der Waals surface area (Å²) in [6.07, 6.45) is 17.6. The number of allylic oxidation sites excluding steroid dienone is 9. The van der Waals surface area contributed by atoms with Crippen molar-refractivity contribution >= 4 is 0 Å². The van der Waals surface area contributed by atoms with Crippen LogP contribution in [0.2, 0.25) is 0 Å². The van der Waals surface area contributed by atoms with Gasteiger partial charge in [-0.2, -0.15) is 10.2 Å². The van der Waals surface area contributed by atoms with Crippen LogP contribution in [0.5, 0.6) is 0 Å². The summed E-state index contributed by atoms with van der Waals surface area (Å²) in [5.41, 5.74) is 5.27. The molecule has 0 amide bonds. The van der Waals surface area contributed by atoms with E-state index in [-0.39, 0.29) is 0 Å². The van der Waals surface area contributed by atoms with Crippen molar-refractivity contribution in [1.29, 1.82) is 0 Å². The average molecular weight is 240 g/mol. The van der Waals surface area contributed by atoms with Crippen molar-refractivity contribution in [2.45, 2.75) is 32.6 Å². The van der Waals surface area contributed by atoms with Gasteiger partial charge in [-0.15, -0.1) is 0 Å². The summed E-state index contributed by atoms with van der Waals surface area (Å²) >= 11 is 0. The van der Waals surface area contributed by atoms with Gasteiger partial charge >= 0.3 is 0 Å². The largest absolute Gasteiger partial charge is 0.192 e. The molecule has 0 aromatic heterocycles. The van der Waals surface area contributed by atoms with Crippen molar-refractivity contribution in [3.8, 4) is 0 Å². The molecule has 0 aromatic carbocycles. The van der Waals surface area contributed by atoms with Gasteiger partial charge in [0.1, 0.15) is 0 Å². The fourth-order valence-electron chi connectivity index (χ4n) is 2.40. The standard InChI is InChI=1S/C16H20N2/c1-3-16(18-17-2)15-11-9-14(10-12-15)13-7-5-4-6-8-13/h3-5,7,9,11H,6,8,10,12H2,1-2H3/b16-3-,18-17?. The van der Waals surface area contributed by atoms with Crippen LogP contribution in [0.15, 0.2) is 69.1 Å². The highest BCUT2D eigenvalue weighted by Crippen LogP contribution is 2.31. The predicted molar refractivity (Wildman–Crippen MR) is 76.4 cm³/mol. The van der Waals surface area contributed by atoms with E-state index in [9.17, 15) is 0 Å². The zero-order valence-corrected chi connectivity index (χ0v) is 11.2. The zero-order valence-electron chi connectivity index (χ0n) is 11.2. The molecule has 2 heteroatoms. The predicted octanol–water partition coefficient (Wildman–Crippen LogP) is 4.90. The van der Waals surface area contributed by atoms with Gasteiger partial charge in [0.2, 0.25) is 0 Å². The summed E-state index contributed by atoms with van der Waals surface area (Å²) in [7, 11) is 1.72. The summed E-state index contributed by atoms with van der Waals surface area (Å²) < 4.78 is 0. The first-order valence-corrected chi connectivity index (χ1v) is 6.57. The molecular weight excluding hydrogens is 220 g/mol. The van der Waals surface area contributed by atoms with Gasteiger partial charge < -0.3 is 0 Å². The van der Waals surface area contributed by atoms with Gasteiger partial charge in [-0.25, -0.2) is 0 Å². The second-order valence-corrected chi connectivity index (χ2v) is 4.52. The van der Waals surface area contributed by atoms with Crippen molar-refractivity contribution in [3.05, 3.63) is 58.9 Å². The van der Waals surface area contributed by atoms with E-state index in [0.29, 0.717) is 0 Å². The molecule has 94 valence electrons. The van der Waals surface area contributed by atoms with Crippen molar-refractivity contribution in [3.63, 3.8) is 0 Å². The van der Waals surface area contributed by atoms with E-state index in [4.69, 9.17) is 0 Å². The number of hydrogen-bond acceptors (Lipinski definition) is 2. The Balaban J connectivity index is 2.16. The second kappa shape index (κ2) is 6.29. The first kappa shape index (κ1) is 12.7. The Bertz CT molecular complexity index is 485. The molecule has 0 aromatic rings. The molecule has 0 spiro atoms. The number of rotatable bonds is 3. The SMILES string of the molecule is C/C=C(\N=NC)C1=CC=C(C2=CC=CCC2)CC1. The van der Waals surface area contributed by atoms with E-state index in [1.54, 1.807) is 7.05 Å². The van der Waals surface area contributed by atoms with Crippen molar-refractivity contribution in [1.82, 2.24) is 0 Å². The fourth-order valence-corrected chi connectivity index (χ4v) is 2.40.